The zero-order valence-corrected chi connectivity index (χ0v) is 19.9. The molecule has 1 aromatic rings. The number of amides is 2. The highest BCUT2D eigenvalue weighted by atomic mass is 32.1. The molecule has 9 nitrogen and oxygen atoms in total. The van der Waals surface area contributed by atoms with Crippen LogP contribution in [0.3, 0.4) is 0 Å². The van der Waals surface area contributed by atoms with Crippen molar-refractivity contribution in [2.75, 3.05) is 11.9 Å². The molecule has 2 amide bonds. The first kappa shape index (κ1) is 24.9. The van der Waals surface area contributed by atoms with Gasteiger partial charge in [-0.2, -0.15) is 0 Å². The normalized spacial score (nSPS) is 16.3. The number of thiazole rings is 1. The van der Waals surface area contributed by atoms with Gasteiger partial charge in [0.25, 0.3) is 0 Å². The van der Waals surface area contributed by atoms with E-state index in [9.17, 15) is 14.4 Å². The summed E-state index contributed by atoms with van der Waals surface area (Å²) in [6.07, 6.45) is 1.27. The molecule has 31 heavy (non-hydrogen) atoms. The zero-order chi connectivity index (χ0) is 23.4. The molecule has 10 heteroatoms. The third-order valence-electron chi connectivity index (χ3n) is 4.38. The van der Waals surface area contributed by atoms with Crippen LogP contribution in [0.1, 0.15) is 71.4 Å². The second kappa shape index (κ2) is 9.84. The Morgan fingerprint density at radius 2 is 1.81 bits per heavy atom. The maximum absolute atomic E-state index is 12.8. The number of nitrogens with one attached hydrogen (secondary N) is 1. The molecule has 1 heterocycles. The van der Waals surface area contributed by atoms with Crippen molar-refractivity contribution in [2.24, 2.45) is 0 Å². The first-order chi connectivity index (χ1) is 14.2. The maximum atomic E-state index is 12.8. The highest BCUT2D eigenvalue weighted by Gasteiger charge is 2.32. The number of carbonyl (C=O) groups is 3. The average Bonchev–Trinajstić information content (AvgIpc) is 2.96. The smallest absolute Gasteiger partial charge is 0.413 e. The summed E-state index contributed by atoms with van der Waals surface area (Å²) in [7, 11) is 0. The summed E-state index contributed by atoms with van der Waals surface area (Å²) in [6.45, 7) is 11.1. The third-order valence-corrected chi connectivity index (χ3v) is 5.42. The van der Waals surface area contributed by atoms with Gasteiger partial charge in [0.05, 0.1) is 5.69 Å². The maximum Gasteiger partial charge on any atom is 0.413 e. The van der Waals surface area contributed by atoms with E-state index < -0.39 is 29.4 Å². The van der Waals surface area contributed by atoms with E-state index in [2.05, 4.69) is 10.3 Å². The molecule has 0 aliphatic heterocycles. The summed E-state index contributed by atoms with van der Waals surface area (Å²) in [4.78, 5) is 42.9. The quantitative estimate of drug-likeness (QED) is 0.650. The van der Waals surface area contributed by atoms with Gasteiger partial charge in [-0.25, -0.2) is 14.6 Å². The number of aliphatic carboxylic acids is 1. The van der Waals surface area contributed by atoms with Gasteiger partial charge in [0.2, 0.25) is 0 Å². The lowest BCUT2D eigenvalue weighted by Gasteiger charge is -2.35. The Kier molecular flexibility index (Phi) is 7.91. The van der Waals surface area contributed by atoms with E-state index in [1.54, 1.807) is 46.4 Å². The van der Waals surface area contributed by atoms with Crippen molar-refractivity contribution in [3.05, 3.63) is 10.6 Å². The molecular weight excluding hydrogens is 422 g/mol. The van der Waals surface area contributed by atoms with Crippen molar-refractivity contribution in [1.29, 1.82) is 0 Å². The number of hydrogen-bond donors (Lipinski definition) is 2. The summed E-state index contributed by atoms with van der Waals surface area (Å²) < 4.78 is 10.8. The lowest BCUT2D eigenvalue weighted by molar-refractivity contribution is -0.137. The molecule has 0 spiro atoms. The summed E-state index contributed by atoms with van der Waals surface area (Å²) in [5.74, 6) is -0.893. The number of carboxylic acid groups (broad SMARTS) is 1. The van der Waals surface area contributed by atoms with E-state index in [-0.39, 0.29) is 12.5 Å². The summed E-state index contributed by atoms with van der Waals surface area (Å²) in [6, 6.07) is -0.119. The van der Waals surface area contributed by atoms with Gasteiger partial charge in [-0.15, -0.1) is 11.3 Å². The molecule has 0 fully saturated rings. The molecule has 1 aromatic heterocycles. The predicted molar refractivity (Wildman–Crippen MR) is 118 cm³/mol. The van der Waals surface area contributed by atoms with Crippen LogP contribution in [0.25, 0.3) is 0 Å². The molecule has 0 saturated heterocycles. The first-order valence-electron chi connectivity index (χ1n) is 10.4. The first-order valence-corrected chi connectivity index (χ1v) is 11.2. The van der Waals surface area contributed by atoms with E-state index in [1.807, 2.05) is 0 Å². The van der Waals surface area contributed by atoms with Crippen molar-refractivity contribution in [3.63, 3.8) is 0 Å². The Hall–Kier alpha value is -2.36. The van der Waals surface area contributed by atoms with Crippen LogP contribution in [0.4, 0.5) is 14.7 Å². The van der Waals surface area contributed by atoms with Crippen molar-refractivity contribution < 1.29 is 29.0 Å². The van der Waals surface area contributed by atoms with E-state index >= 15 is 0 Å². The van der Waals surface area contributed by atoms with Crippen LogP contribution >= 0.6 is 11.3 Å². The largest absolute Gasteiger partial charge is 0.481 e. The molecule has 2 rings (SSSR count). The Balaban J connectivity index is 2.09. The SMILES string of the molecule is CC(C)(C)OC(=O)Nc1nc2c(s1)C[C@@H](N(CCCC(=O)O)C(=O)OC(C)(C)C)CC2. The number of carbonyl (C=O) groups excluding carboxylic acids is 2. The van der Waals surface area contributed by atoms with Gasteiger partial charge in [0, 0.05) is 30.3 Å². The minimum atomic E-state index is -0.893. The number of ether oxygens (including phenoxy) is 2. The monoisotopic (exact) mass is 455 g/mol. The Labute approximate surface area is 187 Å². The lowest BCUT2D eigenvalue weighted by Crippen LogP contribution is -2.46. The third kappa shape index (κ3) is 8.35. The standard InChI is InChI=1S/C21H33N3O6S/c1-20(2,3)29-18(27)23-17-22-14-10-9-13(12-15(14)31-17)24(11-7-8-16(25)26)19(28)30-21(4,5)6/h13H,7-12H2,1-6H3,(H,25,26)(H,22,23,27)/t13-/m0/s1. The molecule has 0 saturated carbocycles. The Bertz CT molecular complexity index is 809. The molecule has 174 valence electrons. The van der Waals surface area contributed by atoms with Crippen LogP contribution in [0.15, 0.2) is 0 Å². The fraction of sp³-hybridized carbons (Fsp3) is 0.714. The van der Waals surface area contributed by atoms with Crippen LogP contribution in [-0.2, 0) is 27.1 Å². The van der Waals surface area contributed by atoms with Gasteiger partial charge in [0.1, 0.15) is 11.2 Å². The summed E-state index contributed by atoms with van der Waals surface area (Å²) >= 11 is 1.37. The Morgan fingerprint density at radius 1 is 1.16 bits per heavy atom. The predicted octanol–water partition coefficient (Wildman–Crippen LogP) is 4.45. The van der Waals surface area contributed by atoms with Crippen LogP contribution in [0.2, 0.25) is 0 Å². The summed E-state index contributed by atoms with van der Waals surface area (Å²) in [5, 5.41) is 12.1. The van der Waals surface area contributed by atoms with E-state index in [4.69, 9.17) is 14.6 Å². The minimum absolute atomic E-state index is 0.0121. The number of aromatic nitrogens is 1. The lowest BCUT2D eigenvalue weighted by atomic mass is 9.96. The average molecular weight is 456 g/mol. The fourth-order valence-electron chi connectivity index (χ4n) is 3.21. The van der Waals surface area contributed by atoms with Crippen LogP contribution in [0, 0.1) is 0 Å². The Morgan fingerprint density at radius 3 is 2.39 bits per heavy atom. The molecule has 0 unspecified atom stereocenters. The second-order valence-electron chi connectivity index (χ2n) is 9.58. The number of hydrogen-bond acceptors (Lipinski definition) is 7. The fourth-order valence-corrected chi connectivity index (χ4v) is 4.28. The van der Waals surface area contributed by atoms with Gasteiger partial charge in [-0.1, -0.05) is 0 Å². The summed E-state index contributed by atoms with van der Waals surface area (Å²) in [5.41, 5.74) is -0.339. The topological polar surface area (TPSA) is 118 Å². The molecule has 1 aliphatic rings. The number of fused-ring (bicyclic) bond motifs is 1. The van der Waals surface area contributed by atoms with Crippen molar-refractivity contribution in [1.82, 2.24) is 9.88 Å². The van der Waals surface area contributed by atoms with Crippen molar-refractivity contribution in [2.45, 2.75) is 90.9 Å². The van der Waals surface area contributed by atoms with Gasteiger partial charge in [-0.05, 0) is 60.8 Å². The second-order valence-corrected chi connectivity index (χ2v) is 10.7. The van der Waals surface area contributed by atoms with E-state index in [0.29, 0.717) is 37.4 Å². The number of carboxylic acids is 1. The van der Waals surface area contributed by atoms with E-state index in [1.165, 1.54) is 11.3 Å². The number of rotatable bonds is 6. The molecule has 2 N–H and O–H groups in total. The molecule has 1 aliphatic carbocycles. The highest BCUT2D eigenvalue weighted by Crippen LogP contribution is 2.32. The molecule has 0 bridgehead atoms. The van der Waals surface area contributed by atoms with Gasteiger partial charge in [-0.3, -0.25) is 10.1 Å². The van der Waals surface area contributed by atoms with E-state index in [0.717, 1.165) is 10.6 Å². The van der Waals surface area contributed by atoms with Crippen molar-refractivity contribution >= 4 is 34.6 Å². The number of nitrogens with zero attached hydrogens (tertiary/aromatic N) is 2. The number of anilines is 1. The van der Waals surface area contributed by atoms with Crippen LogP contribution in [0.5, 0.6) is 0 Å². The zero-order valence-electron chi connectivity index (χ0n) is 19.1. The van der Waals surface area contributed by atoms with Crippen LogP contribution in [-0.4, -0.2) is 56.9 Å². The van der Waals surface area contributed by atoms with Crippen molar-refractivity contribution in [3.8, 4) is 0 Å². The molecule has 0 radical (unpaired) electrons. The molecular formula is C21H33N3O6S. The minimum Gasteiger partial charge on any atom is -0.481 e. The van der Waals surface area contributed by atoms with Gasteiger partial charge < -0.3 is 19.5 Å². The van der Waals surface area contributed by atoms with Gasteiger partial charge >= 0.3 is 18.2 Å². The molecule has 1 atom stereocenters. The van der Waals surface area contributed by atoms with Gasteiger partial charge in [0.15, 0.2) is 5.13 Å². The number of aryl methyl sites for hydroxylation is 1. The molecule has 0 aromatic carbocycles. The van der Waals surface area contributed by atoms with Crippen LogP contribution < -0.4 is 5.32 Å². The highest BCUT2D eigenvalue weighted by molar-refractivity contribution is 7.15.